The summed E-state index contributed by atoms with van der Waals surface area (Å²) in [6, 6.07) is 14.6. The number of esters is 1. The van der Waals surface area contributed by atoms with Gasteiger partial charge in [-0.25, -0.2) is 9.78 Å². The van der Waals surface area contributed by atoms with Gasteiger partial charge >= 0.3 is 5.97 Å². The van der Waals surface area contributed by atoms with Crippen LogP contribution in [0.15, 0.2) is 76.1 Å². The molecule has 6 nitrogen and oxygen atoms in total. The Morgan fingerprint density at radius 1 is 1.03 bits per heavy atom. The highest BCUT2D eigenvalue weighted by Crippen LogP contribution is 2.29. The van der Waals surface area contributed by atoms with Crippen molar-refractivity contribution in [2.24, 2.45) is 0 Å². The van der Waals surface area contributed by atoms with Crippen molar-refractivity contribution < 1.29 is 13.9 Å². The third-order valence-electron chi connectivity index (χ3n) is 4.15. The summed E-state index contributed by atoms with van der Waals surface area (Å²) in [6.45, 7) is 2.08. The van der Waals surface area contributed by atoms with Crippen molar-refractivity contribution in [1.82, 2.24) is 15.0 Å². The molecule has 144 valence electrons. The summed E-state index contributed by atoms with van der Waals surface area (Å²) in [5.41, 5.74) is 3.80. The highest BCUT2D eigenvalue weighted by atomic mass is 79.9. The average molecular weight is 450 g/mol. The van der Waals surface area contributed by atoms with E-state index < -0.39 is 5.97 Å². The minimum absolute atomic E-state index is 0.308. The number of ether oxygens (including phenoxy) is 1. The Morgan fingerprint density at radius 2 is 1.86 bits per heavy atom. The highest BCUT2D eigenvalue weighted by molar-refractivity contribution is 9.10. The van der Waals surface area contributed by atoms with Crippen molar-refractivity contribution in [2.45, 2.75) is 6.92 Å². The van der Waals surface area contributed by atoms with Crippen LogP contribution < -0.4 is 0 Å². The first kappa shape index (κ1) is 19.0. The summed E-state index contributed by atoms with van der Waals surface area (Å²) in [6.07, 6.45) is 4.91. The summed E-state index contributed by atoms with van der Waals surface area (Å²) >= 11 is 3.40. The fourth-order valence-electron chi connectivity index (χ4n) is 2.82. The van der Waals surface area contributed by atoms with Crippen molar-refractivity contribution in [1.29, 1.82) is 0 Å². The van der Waals surface area contributed by atoms with Crippen molar-refractivity contribution in [2.75, 3.05) is 6.61 Å². The van der Waals surface area contributed by atoms with Crippen LogP contribution in [0.2, 0.25) is 0 Å². The summed E-state index contributed by atoms with van der Waals surface area (Å²) < 4.78 is 11.5. The molecule has 7 heteroatoms. The molecule has 4 aromatic heterocycles. The number of hydrogen-bond acceptors (Lipinski definition) is 6. The van der Waals surface area contributed by atoms with Crippen LogP contribution in [0.1, 0.15) is 17.3 Å². The lowest BCUT2D eigenvalue weighted by Gasteiger charge is -2.09. The van der Waals surface area contributed by atoms with E-state index in [-0.39, 0.29) is 0 Å². The van der Waals surface area contributed by atoms with Gasteiger partial charge in [0.2, 0.25) is 0 Å². The zero-order valence-electron chi connectivity index (χ0n) is 15.5. The van der Waals surface area contributed by atoms with Crippen LogP contribution in [-0.4, -0.2) is 27.5 Å². The number of halogens is 1. The van der Waals surface area contributed by atoms with E-state index in [0.29, 0.717) is 40.7 Å². The molecule has 0 spiro atoms. The fourth-order valence-corrected chi connectivity index (χ4v) is 3.05. The summed E-state index contributed by atoms with van der Waals surface area (Å²) in [4.78, 5) is 25.7. The molecule has 29 heavy (non-hydrogen) atoms. The van der Waals surface area contributed by atoms with Gasteiger partial charge in [-0.3, -0.25) is 9.97 Å². The lowest BCUT2D eigenvalue weighted by molar-refractivity contribution is 0.0526. The lowest BCUT2D eigenvalue weighted by atomic mass is 10.1. The van der Waals surface area contributed by atoms with Gasteiger partial charge in [-0.15, -0.1) is 0 Å². The second-order valence-electron chi connectivity index (χ2n) is 6.12. The van der Waals surface area contributed by atoms with E-state index in [9.17, 15) is 4.79 Å². The normalized spacial score (nSPS) is 10.7. The van der Waals surface area contributed by atoms with Gasteiger partial charge in [-0.05, 0) is 71.4 Å². The van der Waals surface area contributed by atoms with Crippen molar-refractivity contribution in [3.63, 3.8) is 0 Å². The Kier molecular flexibility index (Phi) is 5.48. The fraction of sp³-hybridized carbons (Fsp3) is 0.0909. The first-order valence-electron chi connectivity index (χ1n) is 8.95. The van der Waals surface area contributed by atoms with Crippen molar-refractivity contribution >= 4 is 21.9 Å². The molecule has 0 saturated heterocycles. The molecule has 0 amide bonds. The maximum atomic E-state index is 12.1. The number of aromatic nitrogens is 3. The second-order valence-corrected chi connectivity index (χ2v) is 7.03. The molecule has 4 rings (SSSR count). The van der Waals surface area contributed by atoms with Crippen LogP contribution in [-0.2, 0) is 4.74 Å². The number of nitrogens with zero attached hydrogens (tertiary/aromatic N) is 3. The summed E-state index contributed by atoms with van der Waals surface area (Å²) in [5, 5.41) is 0. The molecule has 4 heterocycles. The van der Waals surface area contributed by atoms with Crippen LogP contribution in [0.4, 0.5) is 0 Å². The lowest BCUT2D eigenvalue weighted by Crippen LogP contribution is -2.05. The molecule has 0 saturated carbocycles. The van der Waals surface area contributed by atoms with Gasteiger partial charge in [0.15, 0.2) is 0 Å². The van der Waals surface area contributed by atoms with Gasteiger partial charge in [0.25, 0.3) is 0 Å². The van der Waals surface area contributed by atoms with E-state index in [0.717, 1.165) is 10.0 Å². The highest BCUT2D eigenvalue weighted by Gasteiger charge is 2.14. The minimum Gasteiger partial charge on any atom is -0.464 e. The Morgan fingerprint density at radius 3 is 2.55 bits per heavy atom. The van der Waals surface area contributed by atoms with E-state index in [4.69, 9.17) is 14.1 Å². The smallest absolute Gasteiger partial charge is 0.338 e. The second kappa shape index (κ2) is 8.36. The van der Waals surface area contributed by atoms with Gasteiger partial charge in [-0.2, -0.15) is 0 Å². The molecule has 0 aromatic carbocycles. The van der Waals surface area contributed by atoms with Gasteiger partial charge < -0.3 is 9.15 Å². The molecule has 0 fully saturated rings. The van der Waals surface area contributed by atoms with Crippen LogP contribution in [0, 0.1) is 0 Å². The number of carbonyl (C=O) groups excluding carboxylic acids is 1. The largest absolute Gasteiger partial charge is 0.464 e. The molecule has 4 aromatic rings. The number of pyridine rings is 3. The van der Waals surface area contributed by atoms with Gasteiger partial charge in [-0.1, -0.05) is 0 Å². The molecule has 0 N–H and O–H groups in total. The Balaban J connectivity index is 1.84. The zero-order chi connectivity index (χ0) is 20.2. The Hall–Kier alpha value is -3.32. The maximum absolute atomic E-state index is 12.1. The van der Waals surface area contributed by atoms with E-state index in [2.05, 4.69) is 25.9 Å². The number of hydrogen-bond donors (Lipinski definition) is 0. The predicted molar refractivity (Wildman–Crippen MR) is 112 cm³/mol. The van der Waals surface area contributed by atoms with E-state index in [1.165, 1.54) is 0 Å². The van der Waals surface area contributed by atoms with Gasteiger partial charge in [0.1, 0.15) is 5.76 Å². The molecule has 0 aliphatic heterocycles. The van der Waals surface area contributed by atoms with Crippen LogP contribution >= 0.6 is 15.9 Å². The topological polar surface area (TPSA) is 78.1 Å². The molecule has 0 bridgehead atoms. The maximum Gasteiger partial charge on any atom is 0.338 e. The predicted octanol–water partition coefficient (Wildman–Crippen LogP) is 5.40. The summed E-state index contributed by atoms with van der Waals surface area (Å²) in [5.74, 6) is 0.307. The van der Waals surface area contributed by atoms with Gasteiger partial charge in [0, 0.05) is 22.4 Å². The molecule has 0 aliphatic rings. The van der Waals surface area contributed by atoms with Crippen molar-refractivity contribution in [3.05, 3.63) is 77.2 Å². The molecule has 0 unspecified atom stereocenters. The number of rotatable bonds is 5. The third-order valence-corrected chi connectivity index (χ3v) is 4.62. The molecule has 0 radical (unpaired) electrons. The average Bonchev–Trinajstić information content (AvgIpc) is 3.29. The monoisotopic (exact) mass is 449 g/mol. The molecular formula is C22H16BrN3O3. The summed E-state index contributed by atoms with van der Waals surface area (Å²) in [7, 11) is 0. The van der Waals surface area contributed by atoms with Crippen LogP contribution in [0.5, 0.6) is 0 Å². The Labute approximate surface area is 175 Å². The van der Waals surface area contributed by atoms with Crippen molar-refractivity contribution in [3.8, 4) is 34.1 Å². The molecule has 0 aliphatic carbocycles. The van der Waals surface area contributed by atoms with Crippen LogP contribution in [0.25, 0.3) is 34.1 Å². The molecular weight excluding hydrogens is 434 g/mol. The minimum atomic E-state index is -0.395. The molecule has 0 atom stereocenters. The van der Waals surface area contributed by atoms with E-state index in [1.54, 1.807) is 37.7 Å². The first-order valence-corrected chi connectivity index (χ1v) is 9.75. The number of furan rings is 1. The van der Waals surface area contributed by atoms with Crippen LogP contribution in [0.3, 0.4) is 0 Å². The van der Waals surface area contributed by atoms with E-state index >= 15 is 0 Å². The first-order chi connectivity index (χ1) is 14.1. The zero-order valence-corrected chi connectivity index (χ0v) is 17.1. The van der Waals surface area contributed by atoms with E-state index in [1.807, 2.05) is 36.4 Å². The Bertz CT molecular complexity index is 1140. The quantitative estimate of drug-likeness (QED) is 0.379. The third kappa shape index (κ3) is 4.25. The standard InChI is InChI=1S/C22H16BrN3O3/c1-2-28-22(27)14-7-8-24-18(10-14)20-12-15(21-4-3-9-29-21)11-19(26-20)17-6-5-16(23)13-25-17/h3-13H,2H2,1H3. The van der Waals surface area contributed by atoms with Gasteiger partial charge in [0.05, 0.1) is 41.2 Å². The SMILES string of the molecule is CCOC(=O)c1ccnc(-c2cc(-c3ccco3)cc(-c3ccc(Br)cn3)n2)c1. The number of carbonyl (C=O) groups is 1.